The molecule has 1 aromatic rings. The molecule has 0 aliphatic heterocycles. The SMILES string of the molecule is CC(C)(C)n1cc(F)nc1Cl. The van der Waals surface area contributed by atoms with Gasteiger partial charge in [0.15, 0.2) is 0 Å². The van der Waals surface area contributed by atoms with Crippen LogP contribution in [0.25, 0.3) is 0 Å². The van der Waals surface area contributed by atoms with Crippen LogP contribution in [0.5, 0.6) is 0 Å². The minimum absolute atomic E-state index is 0.190. The van der Waals surface area contributed by atoms with Gasteiger partial charge in [0.25, 0.3) is 0 Å². The van der Waals surface area contributed by atoms with Gasteiger partial charge in [-0.05, 0) is 32.4 Å². The second kappa shape index (κ2) is 2.48. The van der Waals surface area contributed by atoms with Crippen LogP contribution in [0.15, 0.2) is 6.20 Å². The molecule has 0 fully saturated rings. The van der Waals surface area contributed by atoms with Crippen molar-refractivity contribution in [1.29, 1.82) is 0 Å². The summed E-state index contributed by atoms with van der Waals surface area (Å²) in [6.07, 6.45) is 1.29. The lowest BCUT2D eigenvalue weighted by molar-refractivity contribution is 0.395. The summed E-state index contributed by atoms with van der Waals surface area (Å²) in [5.41, 5.74) is -0.214. The summed E-state index contributed by atoms with van der Waals surface area (Å²) in [6.45, 7) is 5.79. The van der Waals surface area contributed by atoms with Gasteiger partial charge in [-0.1, -0.05) is 0 Å². The Balaban J connectivity index is 3.13. The van der Waals surface area contributed by atoms with Gasteiger partial charge >= 0.3 is 0 Å². The molecule has 2 nitrogen and oxygen atoms in total. The zero-order valence-corrected chi connectivity index (χ0v) is 7.48. The maximum Gasteiger partial charge on any atom is 0.232 e. The van der Waals surface area contributed by atoms with Crippen molar-refractivity contribution in [2.24, 2.45) is 0 Å². The molecule has 0 bridgehead atoms. The predicted molar refractivity (Wildman–Crippen MR) is 42.2 cm³/mol. The number of rotatable bonds is 0. The van der Waals surface area contributed by atoms with Crippen molar-refractivity contribution in [3.63, 3.8) is 0 Å². The van der Waals surface area contributed by atoms with Gasteiger partial charge in [-0.25, -0.2) is 0 Å². The zero-order chi connectivity index (χ0) is 8.65. The van der Waals surface area contributed by atoms with E-state index in [1.807, 2.05) is 20.8 Å². The summed E-state index contributed by atoms with van der Waals surface area (Å²) in [6, 6.07) is 0. The average molecular weight is 177 g/mol. The van der Waals surface area contributed by atoms with E-state index >= 15 is 0 Å². The van der Waals surface area contributed by atoms with E-state index in [9.17, 15) is 4.39 Å². The molecule has 1 rings (SSSR count). The zero-order valence-electron chi connectivity index (χ0n) is 6.73. The van der Waals surface area contributed by atoms with Gasteiger partial charge in [0.2, 0.25) is 11.2 Å². The Hall–Kier alpha value is -0.570. The van der Waals surface area contributed by atoms with Gasteiger partial charge in [0, 0.05) is 5.54 Å². The predicted octanol–water partition coefficient (Wildman–Crippen LogP) is 2.43. The molecule has 0 radical (unpaired) electrons. The molecular formula is C7H10ClFN2. The smallest absolute Gasteiger partial charge is 0.232 e. The van der Waals surface area contributed by atoms with Crippen molar-refractivity contribution in [2.75, 3.05) is 0 Å². The van der Waals surface area contributed by atoms with Crippen LogP contribution in [0.3, 0.4) is 0 Å². The van der Waals surface area contributed by atoms with Crippen molar-refractivity contribution in [1.82, 2.24) is 9.55 Å². The van der Waals surface area contributed by atoms with E-state index in [2.05, 4.69) is 4.98 Å². The summed E-state index contributed by atoms with van der Waals surface area (Å²) >= 11 is 5.64. The second-order valence-corrected chi connectivity index (χ2v) is 3.71. The molecule has 62 valence electrons. The summed E-state index contributed by atoms with van der Waals surface area (Å²) in [5.74, 6) is -0.537. The normalized spacial score (nSPS) is 12.1. The van der Waals surface area contributed by atoms with Crippen molar-refractivity contribution in [3.05, 3.63) is 17.4 Å². The van der Waals surface area contributed by atoms with Crippen LogP contribution < -0.4 is 0 Å². The molecule has 0 aliphatic rings. The van der Waals surface area contributed by atoms with E-state index in [1.165, 1.54) is 6.20 Å². The molecule has 1 aromatic heterocycles. The highest BCUT2D eigenvalue weighted by atomic mass is 35.5. The average Bonchev–Trinajstić information content (AvgIpc) is 2.08. The highest BCUT2D eigenvalue weighted by Crippen LogP contribution is 2.20. The van der Waals surface area contributed by atoms with Crippen molar-refractivity contribution in [2.45, 2.75) is 26.3 Å². The Kier molecular flexibility index (Phi) is 1.92. The third kappa shape index (κ3) is 1.71. The summed E-state index contributed by atoms with van der Waals surface area (Å²) in [5, 5.41) is 0.190. The first-order valence-corrected chi connectivity index (χ1v) is 3.70. The first-order valence-electron chi connectivity index (χ1n) is 3.32. The lowest BCUT2D eigenvalue weighted by atomic mass is 10.1. The number of hydrogen-bond donors (Lipinski definition) is 0. The first kappa shape index (κ1) is 8.53. The van der Waals surface area contributed by atoms with Crippen molar-refractivity contribution < 1.29 is 4.39 Å². The van der Waals surface area contributed by atoms with Crippen molar-refractivity contribution in [3.8, 4) is 0 Å². The first-order chi connectivity index (χ1) is 4.91. The Labute approximate surface area is 70.0 Å². The Bertz CT molecular complexity index is 262. The number of hydrogen-bond acceptors (Lipinski definition) is 1. The standard InChI is InChI=1S/C7H10ClFN2/c1-7(2,3)11-4-5(9)10-6(11)8/h4H,1-3H3. The third-order valence-electron chi connectivity index (χ3n) is 1.36. The van der Waals surface area contributed by atoms with E-state index in [4.69, 9.17) is 11.6 Å². The molecule has 0 aromatic carbocycles. The van der Waals surface area contributed by atoms with E-state index in [-0.39, 0.29) is 10.8 Å². The fourth-order valence-corrected chi connectivity index (χ4v) is 1.18. The Morgan fingerprint density at radius 1 is 1.55 bits per heavy atom. The molecule has 0 unspecified atom stereocenters. The molecule has 4 heteroatoms. The maximum atomic E-state index is 12.5. The topological polar surface area (TPSA) is 17.8 Å². The van der Waals surface area contributed by atoms with Gasteiger partial charge in [-0.15, -0.1) is 0 Å². The summed E-state index contributed by atoms with van der Waals surface area (Å²) < 4.78 is 14.1. The second-order valence-electron chi connectivity index (χ2n) is 3.37. The summed E-state index contributed by atoms with van der Waals surface area (Å²) in [7, 11) is 0. The van der Waals surface area contributed by atoms with Crippen LogP contribution in [0.2, 0.25) is 5.28 Å². The quantitative estimate of drug-likeness (QED) is 0.594. The van der Waals surface area contributed by atoms with Crippen LogP contribution >= 0.6 is 11.6 Å². The van der Waals surface area contributed by atoms with Crippen LogP contribution in [-0.2, 0) is 5.54 Å². The van der Waals surface area contributed by atoms with Gasteiger partial charge < -0.3 is 4.57 Å². The molecule has 0 spiro atoms. The Morgan fingerprint density at radius 3 is 2.27 bits per heavy atom. The molecule has 0 saturated heterocycles. The molecule has 0 saturated carbocycles. The van der Waals surface area contributed by atoms with Gasteiger partial charge in [-0.3, -0.25) is 0 Å². The van der Waals surface area contributed by atoms with Gasteiger partial charge in [0.1, 0.15) is 0 Å². The minimum Gasteiger partial charge on any atom is -0.313 e. The number of imidazole rings is 1. The largest absolute Gasteiger partial charge is 0.313 e. The van der Waals surface area contributed by atoms with Crippen LogP contribution in [0.1, 0.15) is 20.8 Å². The third-order valence-corrected chi connectivity index (χ3v) is 1.62. The fraction of sp³-hybridized carbons (Fsp3) is 0.571. The van der Waals surface area contributed by atoms with Gasteiger partial charge in [-0.2, -0.15) is 9.37 Å². The lowest BCUT2D eigenvalue weighted by Crippen LogP contribution is -2.20. The number of nitrogens with zero attached hydrogens (tertiary/aromatic N) is 2. The fourth-order valence-electron chi connectivity index (χ4n) is 0.801. The van der Waals surface area contributed by atoms with E-state index in [0.717, 1.165) is 0 Å². The van der Waals surface area contributed by atoms with Crippen LogP contribution in [0, 0.1) is 5.95 Å². The highest BCUT2D eigenvalue weighted by molar-refractivity contribution is 6.28. The van der Waals surface area contributed by atoms with E-state index in [1.54, 1.807) is 4.57 Å². The maximum absolute atomic E-state index is 12.5. The Morgan fingerprint density at radius 2 is 2.09 bits per heavy atom. The van der Waals surface area contributed by atoms with E-state index < -0.39 is 5.95 Å². The van der Waals surface area contributed by atoms with Crippen molar-refractivity contribution >= 4 is 11.6 Å². The van der Waals surface area contributed by atoms with Gasteiger partial charge in [0.05, 0.1) is 6.20 Å². The van der Waals surface area contributed by atoms with Crippen LogP contribution in [0.4, 0.5) is 4.39 Å². The molecule has 11 heavy (non-hydrogen) atoms. The molecule has 0 aliphatic carbocycles. The highest BCUT2D eigenvalue weighted by Gasteiger charge is 2.17. The summed E-state index contributed by atoms with van der Waals surface area (Å²) in [4.78, 5) is 3.44. The van der Waals surface area contributed by atoms with Crippen LogP contribution in [-0.4, -0.2) is 9.55 Å². The minimum atomic E-state index is -0.537. The number of aromatic nitrogens is 2. The molecular weight excluding hydrogens is 167 g/mol. The molecule has 0 atom stereocenters. The molecule has 0 N–H and O–H groups in total. The molecule has 0 amide bonds. The van der Waals surface area contributed by atoms with E-state index in [0.29, 0.717) is 0 Å². The monoisotopic (exact) mass is 176 g/mol. The number of halogens is 2. The molecule has 1 heterocycles. The lowest BCUT2D eigenvalue weighted by Gasteiger charge is -2.20.